The fourth-order valence-corrected chi connectivity index (χ4v) is 9.41. The van der Waals surface area contributed by atoms with E-state index in [1.54, 1.807) is 0 Å². The van der Waals surface area contributed by atoms with Gasteiger partial charge in [-0.3, -0.25) is 9.69 Å². The Labute approximate surface area is 192 Å². The Hall–Kier alpha value is -1.99. The minimum Gasteiger partial charge on any atom is -0.468 e. The summed E-state index contributed by atoms with van der Waals surface area (Å²) >= 11 is 0. The minimum absolute atomic E-state index is 0.168. The van der Waals surface area contributed by atoms with Crippen molar-refractivity contribution >= 4 is 24.7 Å². The summed E-state index contributed by atoms with van der Waals surface area (Å²) in [5, 5.41) is 5.25. The van der Waals surface area contributed by atoms with Gasteiger partial charge in [-0.05, 0) is 47.6 Å². The van der Waals surface area contributed by atoms with Crippen LogP contribution in [0.1, 0.15) is 39.5 Å². The van der Waals surface area contributed by atoms with E-state index in [0.29, 0.717) is 6.42 Å². The van der Waals surface area contributed by atoms with Crippen molar-refractivity contribution in [3.8, 4) is 0 Å². The molecule has 2 aromatic rings. The van der Waals surface area contributed by atoms with Crippen LogP contribution in [0.5, 0.6) is 0 Å². The zero-order chi connectivity index (χ0) is 22.8. The highest BCUT2D eigenvalue weighted by Gasteiger charge is 2.52. The van der Waals surface area contributed by atoms with Crippen molar-refractivity contribution in [1.29, 1.82) is 0 Å². The summed E-state index contributed by atoms with van der Waals surface area (Å²) in [6, 6.07) is 19.9. The smallest absolute Gasteiger partial charge is 0.323 e. The third kappa shape index (κ3) is 4.17. The van der Waals surface area contributed by atoms with Gasteiger partial charge in [0.1, 0.15) is 6.04 Å². The number of nitrogens with zero attached hydrogens (tertiary/aromatic N) is 1. The summed E-state index contributed by atoms with van der Waals surface area (Å²) in [4.78, 5) is 27.3. The van der Waals surface area contributed by atoms with E-state index >= 15 is 0 Å². The molecule has 0 aromatic heterocycles. The number of esters is 1. The first kappa shape index (κ1) is 23.2. The van der Waals surface area contributed by atoms with Gasteiger partial charge in [0.05, 0.1) is 7.11 Å². The lowest BCUT2D eigenvalue weighted by atomic mass is 9.85. The molecule has 0 bridgehead atoms. The SMILES string of the molecule is COC(=O)C(CCC(C)(C)[Si](O)(c1ccccc1)c1ccccc1)N1CC2(CCCN2)C1. The maximum atomic E-state index is 12.7. The van der Waals surface area contributed by atoms with Crippen LogP contribution in [-0.4, -0.2) is 62.3 Å². The Morgan fingerprint density at radius 3 is 2.16 bits per heavy atom. The molecular weight excluding hydrogens is 416 g/mol. The normalized spacial score (nSPS) is 19.5. The second kappa shape index (κ2) is 9.10. The maximum absolute atomic E-state index is 12.7. The van der Waals surface area contributed by atoms with Crippen molar-refractivity contribution < 1.29 is 14.3 Å². The number of hydrogen-bond donors (Lipinski definition) is 2. The van der Waals surface area contributed by atoms with E-state index in [-0.39, 0.29) is 22.6 Å². The van der Waals surface area contributed by atoms with Crippen molar-refractivity contribution in [3.63, 3.8) is 0 Å². The molecule has 6 heteroatoms. The molecule has 172 valence electrons. The molecule has 32 heavy (non-hydrogen) atoms. The van der Waals surface area contributed by atoms with Gasteiger partial charge in [0.2, 0.25) is 0 Å². The first-order valence-corrected chi connectivity index (χ1v) is 13.7. The highest BCUT2D eigenvalue weighted by molar-refractivity contribution is 6.98. The van der Waals surface area contributed by atoms with Crippen LogP contribution in [0, 0.1) is 0 Å². The van der Waals surface area contributed by atoms with E-state index in [2.05, 4.69) is 24.1 Å². The Morgan fingerprint density at radius 2 is 1.69 bits per heavy atom. The van der Waals surface area contributed by atoms with Crippen molar-refractivity contribution in [2.75, 3.05) is 26.7 Å². The quantitative estimate of drug-likeness (QED) is 0.475. The number of carbonyl (C=O) groups is 1. The van der Waals surface area contributed by atoms with E-state index in [1.165, 1.54) is 20.0 Å². The molecule has 0 radical (unpaired) electrons. The highest BCUT2D eigenvalue weighted by atomic mass is 28.4. The molecule has 0 saturated carbocycles. The van der Waals surface area contributed by atoms with Gasteiger partial charge in [-0.2, -0.15) is 0 Å². The third-order valence-electron chi connectivity index (χ3n) is 7.66. The summed E-state index contributed by atoms with van der Waals surface area (Å²) < 4.78 is 5.19. The van der Waals surface area contributed by atoms with Gasteiger partial charge >= 0.3 is 5.97 Å². The number of carbonyl (C=O) groups excluding carboxylic acids is 1. The monoisotopic (exact) mass is 452 g/mol. The Morgan fingerprint density at radius 1 is 1.12 bits per heavy atom. The molecule has 2 heterocycles. The molecule has 1 atom stereocenters. The van der Waals surface area contributed by atoms with E-state index in [4.69, 9.17) is 4.74 Å². The van der Waals surface area contributed by atoms with Crippen molar-refractivity contribution in [2.45, 2.75) is 56.1 Å². The number of likely N-dealkylation sites (tertiary alicyclic amines) is 1. The molecule has 5 nitrogen and oxygen atoms in total. The predicted octanol–water partition coefficient (Wildman–Crippen LogP) is 2.28. The number of benzene rings is 2. The molecule has 1 unspecified atom stereocenters. The molecule has 2 N–H and O–H groups in total. The predicted molar refractivity (Wildman–Crippen MR) is 131 cm³/mol. The first-order chi connectivity index (χ1) is 15.3. The third-order valence-corrected chi connectivity index (χ3v) is 12.2. The second-order valence-corrected chi connectivity index (χ2v) is 14.0. The van der Waals surface area contributed by atoms with Crippen LogP contribution in [0.3, 0.4) is 0 Å². The fourth-order valence-electron chi connectivity index (χ4n) is 5.66. The number of hydrogen-bond acceptors (Lipinski definition) is 5. The van der Waals surface area contributed by atoms with Gasteiger partial charge in [-0.15, -0.1) is 0 Å². The van der Waals surface area contributed by atoms with Crippen LogP contribution >= 0.6 is 0 Å². The molecular formula is C26H36N2O3Si. The molecule has 0 amide bonds. The Kier molecular flexibility index (Phi) is 6.59. The van der Waals surface area contributed by atoms with Crippen LogP contribution in [0.15, 0.2) is 60.7 Å². The van der Waals surface area contributed by atoms with Crippen molar-refractivity contribution in [2.24, 2.45) is 0 Å². The lowest BCUT2D eigenvalue weighted by Gasteiger charge is -2.51. The van der Waals surface area contributed by atoms with Crippen molar-refractivity contribution in [1.82, 2.24) is 10.2 Å². The Bertz CT molecular complexity index is 866. The summed E-state index contributed by atoms with van der Waals surface area (Å²) in [7, 11) is -1.61. The standard InChI is InChI=1S/C26H36N2O3Si/c1-25(2,32(30,21-11-6-4-7-12-21)22-13-8-5-9-14-22)17-15-23(24(29)31-3)28-19-26(20-28)16-10-18-27-26/h4-9,11-14,23,27,30H,10,15-20H2,1-3H3. The van der Waals surface area contributed by atoms with Gasteiger partial charge in [-0.1, -0.05) is 74.5 Å². The summed E-state index contributed by atoms with van der Waals surface area (Å²) in [5.74, 6) is -0.168. The van der Waals surface area contributed by atoms with Crippen LogP contribution in [-0.2, 0) is 9.53 Å². The van der Waals surface area contributed by atoms with Crippen LogP contribution in [0.4, 0.5) is 0 Å². The van der Waals surface area contributed by atoms with Gasteiger partial charge in [0.25, 0.3) is 8.32 Å². The van der Waals surface area contributed by atoms with E-state index < -0.39 is 8.32 Å². The van der Waals surface area contributed by atoms with E-state index in [9.17, 15) is 9.59 Å². The van der Waals surface area contributed by atoms with Gasteiger partial charge < -0.3 is 14.8 Å². The molecule has 1 spiro atoms. The van der Waals surface area contributed by atoms with E-state index in [0.717, 1.165) is 36.4 Å². The number of methoxy groups -OCH3 is 1. The van der Waals surface area contributed by atoms with Gasteiger partial charge in [-0.25, -0.2) is 0 Å². The maximum Gasteiger partial charge on any atom is 0.323 e. The average molecular weight is 453 g/mol. The second-order valence-electron chi connectivity index (χ2n) is 10.1. The first-order valence-electron chi connectivity index (χ1n) is 11.7. The lowest BCUT2D eigenvalue weighted by molar-refractivity contribution is -0.151. The molecule has 2 saturated heterocycles. The lowest BCUT2D eigenvalue weighted by Crippen LogP contribution is -2.70. The number of nitrogens with one attached hydrogen (secondary N) is 1. The largest absolute Gasteiger partial charge is 0.468 e. The topological polar surface area (TPSA) is 61.8 Å². The summed E-state index contributed by atoms with van der Waals surface area (Å²) in [6.45, 7) is 7.17. The van der Waals surface area contributed by atoms with Crippen LogP contribution in [0.25, 0.3) is 0 Å². The van der Waals surface area contributed by atoms with Gasteiger partial charge in [0, 0.05) is 18.6 Å². The molecule has 2 fully saturated rings. The molecule has 2 aromatic carbocycles. The van der Waals surface area contributed by atoms with Gasteiger partial charge in [0.15, 0.2) is 0 Å². The summed E-state index contributed by atoms with van der Waals surface area (Å²) in [6.07, 6.45) is 3.79. The fraction of sp³-hybridized carbons (Fsp3) is 0.500. The average Bonchev–Trinajstić information content (AvgIpc) is 3.29. The number of ether oxygens (including phenoxy) is 1. The zero-order valence-electron chi connectivity index (χ0n) is 19.5. The molecule has 2 aliphatic rings. The van der Waals surface area contributed by atoms with Crippen molar-refractivity contribution in [3.05, 3.63) is 60.7 Å². The molecule has 0 aliphatic carbocycles. The van der Waals surface area contributed by atoms with Crippen LogP contribution in [0.2, 0.25) is 5.04 Å². The molecule has 4 rings (SSSR count). The molecule has 2 aliphatic heterocycles. The highest BCUT2D eigenvalue weighted by Crippen LogP contribution is 2.41. The van der Waals surface area contributed by atoms with E-state index in [1.807, 2.05) is 60.7 Å². The Balaban J connectivity index is 1.57. The number of rotatable bonds is 8. The summed E-state index contributed by atoms with van der Waals surface area (Å²) in [5.41, 5.74) is 0.186. The minimum atomic E-state index is -3.08. The zero-order valence-corrected chi connectivity index (χ0v) is 20.5. The van der Waals surface area contributed by atoms with Crippen LogP contribution < -0.4 is 15.7 Å².